The van der Waals surface area contributed by atoms with Gasteiger partial charge in [0.05, 0.1) is 17.4 Å². The second kappa shape index (κ2) is 4.75. The van der Waals surface area contributed by atoms with Crippen molar-refractivity contribution >= 4 is 22.7 Å². The smallest absolute Gasteiger partial charge is 0.125 e. The van der Waals surface area contributed by atoms with E-state index in [0.717, 1.165) is 5.69 Å². The molecule has 0 radical (unpaired) electrons. The van der Waals surface area contributed by atoms with E-state index in [9.17, 15) is 4.39 Å². The Morgan fingerprint density at radius 3 is 2.65 bits per heavy atom. The zero-order valence-corrected chi connectivity index (χ0v) is 10.6. The SMILES string of the molecule is Cc1ccc(C(C)Nc2ccc(F)cc2N)s1. The van der Waals surface area contributed by atoms with Crippen LogP contribution in [0.3, 0.4) is 0 Å². The Hall–Kier alpha value is -1.55. The van der Waals surface area contributed by atoms with Crippen molar-refractivity contribution in [1.29, 1.82) is 0 Å². The van der Waals surface area contributed by atoms with E-state index in [-0.39, 0.29) is 11.9 Å². The minimum Gasteiger partial charge on any atom is -0.397 e. The van der Waals surface area contributed by atoms with Crippen LogP contribution in [0.15, 0.2) is 30.3 Å². The van der Waals surface area contributed by atoms with E-state index in [1.165, 1.54) is 21.9 Å². The molecule has 2 rings (SSSR count). The van der Waals surface area contributed by atoms with Crippen molar-refractivity contribution in [2.24, 2.45) is 0 Å². The van der Waals surface area contributed by atoms with E-state index < -0.39 is 0 Å². The van der Waals surface area contributed by atoms with Crippen molar-refractivity contribution in [3.8, 4) is 0 Å². The van der Waals surface area contributed by atoms with Gasteiger partial charge >= 0.3 is 0 Å². The van der Waals surface area contributed by atoms with Gasteiger partial charge in [0.1, 0.15) is 5.82 Å². The summed E-state index contributed by atoms with van der Waals surface area (Å²) in [6.07, 6.45) is 0. The number of aryl methyl sites for hydroxylation is 1. The summed E-state index contributed by atoms with van der Waals surface area (Å²) in [6, 6.07) is 8.76. The van der Waals surface area contributed by atoms with E-state index >= 15 is 0 Å². The lowest BCUT2D eigenvalue weighted by Crippen LogP contribution is -2.07. The number of hydrogen-bond acceptors (Lipinski definition) is 3. The number of halogens is 1. The van der Waals surface area contributed by atoms with Gasteiger partial charge in [0.25, 0.3) is 0 Å². The maximum absolute atomic E-state index is 12.9. The van der Waals surface area contributed by atoms with Crippen LogP contribution in [0.1, 0.15) is 22.7 Å². The van der Waals surface area contributed by atoms with Crippen molar-refractivity contribution in [3.05, 3.63) is 45.9 Å². The van der Waals surface area contributed by atoms with E-state index in [1.54, 1.807) is 17.4 Å². The van der Waals surface area contributed by atoms with Gasteiger partial charge in [-0.05, 0) is 44.2 Å². The van der Waals surface area contributed by atoms with E-state index in [4.69, 9.17) is 5.73 Å². The molecule has 1 aromatic heterocycles. The first-order valence-corrected chi connectivity index (χ1v) is 6.26. The zero-order chi connectivity index (χ0) is 12.4. The summed E-state index contributed by atoms with van der Waals surface area (Å²) in [5, 5.41) is 3.29. The van der Waals surface area contributed by atoms with Crippen LogP contribution in [0.2, 0.25) is 0 Å². The fourth-order valence-electron chi connectivity index (χ4n) is 1.66. The normalized spacial score (nSPS) is 12.4. The lowest BCUT2D eigenvalue weighted by atomic mass is 10.2. The van der Waals surface area contributed by atoms with Crippen LogP contribution in [0.25, 0.3) is 0 Å². The van der Waals surface area contributed by atoms with Gasteiger partial charge < -0.3 is 11.1 Å². The summed E-state index contributed by atoms with van der Waals surface area (Å²) >= 11 is 1.75. The van der Waals surface area contributed by atoms with Crippen molar-refractivity contribution in [2.45, 2.75) is 19.9 Å². The number of anilines is 2. The lowest BCUT2D eigenvalue weighted by molar-refractivity contribution is 0.628. The Morgan fingerprint density at radius 1 is 1.29 bits per heavy atom. The molecule has 1 heterocycles. The number of nitrogens with two attached hydrogens (primary N) is 1. The van der Waals surface area contributed by atoms with Crippen molar-refractivity contribution in [2.75, 3.05) is 11.1 Å². The van der Waals surface area contributed by atoms with Crippen molar-refractivity contribution in [1.82, 2.24) is 0 Å². The maximum Gasteiger partial charge on any atom is 0.125 e. The molecule has 0 spiro atoms. The van der Waals surface area contributed by atoms with Gasteiger partial charge in [0, 0.05) is 9.75 Å². The largest absolute Gasteiger partial charge is 0.397 e. The van der Waals surface area contributed by atoms with Crippen LogP contribution in [0.5, 0.6) is 0 Å². The molecule has 0 aliphatic heterocycles. The number of nitrogens with one attached hydrogen (secondary N) is 1. The molecule has 17 heavy (non-hydrogen) atoms. The minimum atomic E-state index is -0.312. The predicted molar refractivity (Wildman–Crippen MR) is 71.9 cm³/mol. The minimum absolute atomic E-state index is 0.168. The van der Waals surface area contributed by atoms with Crippen molar-refractivity contribution in [3.63, 3.8) is 0 Å². The van der Waals surface area contributed by atoms with Gasteiger partial charge in [-0.15, -0.1) is 11.3 Å². The van der Waals surface area contributed by atoms with Crippen LogP contribution >= 0.6 is 11.3 Å². The van der Waals surface area contributed by atoms with Gasteiger partial charge in [-0.2, -0.15) is 0 Å². The Bertz CT molecular complexity index is 522. The average Bonchev–Trinajstić information content (AvgIpc) is 2.69. The van der Waals surface area contributed by atoms with Gasteiger partial charge in [-0.3, -0.25) is 0 Å². The Kier molecular flexibility index (Phi) is 3.33. The number of thiophene rings is 1. The highest BCUT2D eigenvalue weighted by Gasteiger charge is 2.09. The Morgan fingerprint density at radius 2 is 2.06 bits per heavy atom. The predicted octanol–water partition coefficient (Wildman–Crippen LogP) is 3.95. The standard InChI is InChI=1S/C13H15FN2S/c1-8-3-6-13(17-8)9(2)16-12-5-4-10(14)7-11(12)15/h3-7,9,16H,15H2,1-2H3. The molecular weight excluding hydrogens is 235 g/mol. The monoisotopic (exact) mass is 250 g/mol. The summed E-state index contributed by atoms with van der Waals surface area (Å²) in [7, 11) is 0. The number of nitrogen functional groups attached to an aromatic ring is 1. The van der Waals surface area contributed by atoms with E-state index in [1.807, 2.05) is 0 Å². The van der Waals surface area contributed by atoms with Gasteiger partial charge in [-0.25, -0.2) is 4.39 Å². The molecule has 0 fully saturated rings. The zero-order valence-electron chi connectivity index (χ0n) is 9.83. The first-order chi connectivity index (χ1) is 8.06. The van der Waals surface area contributed by atoms with Crippen LogP contribution in [0.4, 0.5) is 15.8 Å². The first-order valence-electron chi connectivity index (χ1n) is 5.44. The lowest BCUT2D eigenvalue weighted by Gasteiger charge is -2.15. The molecule has 0 aliphatic carbocycles. The summed E-state index contributed by atoms with van der Waals surface area (Å²) in [5.74, 6) is -0.312. The van der Waals surface area contributed by atoms with E-state index in [0.29, 0.717) is 5.69 Å². The van der Waals surface area contributed by atoms with Gasteiger partial charge in [0.2, 0.25) is 0 Å². The number of rotatable bonds is 3. The molecular formula is C13H15FN2S. The quantitative estimate of drug-likeness (QED) is 0.809. The highest BCUT2D eigenvalue weighted by molar-refractivity contribution is 7.12. The molecule has 0 amide bonds. The third-order valence-corrected chi connectivity index (χ3v) is 3.76. The van der Waals surface area contributed by atoms with Crippen LogP contribution in [0, 0.1) is 12.7 Å². The highest BCUT2D eigenvalue weighted by atomic mass is 32.1. The highest BCUT2D eigenvalue weighted by Crippen LogP contribution is 2.28. The average molecular weight is 250 g/mol. The topological polar surface area (TPSA) is 38.0 Å². The fraction of sp³-hybridized carbons (Fsp3) is 0.231. The molecule has 0 saturated heterocycles. The van der Waals surface area contributed by atoms with Crippen molar-refractivity contribution < 1.29 is 4.39 Å². The number of hydrogen-bond donors (Lipinski definition) is 2. The number of benzene rings is 1. The van der Waals surface area contributed by atoms with Crippen LogP contribution < -0.4 is 11.1 Å². The Balaban J connectivity index is 2.15. The van der Waals surface area contributed by atoms with Gasteiger partial charge in [-0.1, -0.05) is 0 Å². The molecule has 2 aromatic rings. The molecule has 0 aliphatic rings. The fourth-order valence-corrected chi connectivity index (χ4v) is 2.54. The van der Waals surface area contributed by atoms with Gasteiger partial charge in [0.15, 0.2) is 0 Å². The van der Waals surface area contributed by atoms with Crippen LogP contribution in [-0.4, -0.2) is 0 Å². The first kappa shape index (κ1) is 11.9. The second-order valence-electron chi connectivity index (χ2n) is 4.05. The molecule has 0 saturated carbocycles. The third-order valence-electron chi connectivity index (χ3n) is 2.57. The molecule has 4 heteroatoms. The molecule has 1 atom stereocenters. The summed E-state index contributed by atoms with van der Waals surface area (Å²) < 4.78 is 12.9. The maximum atomic E-state index is 12.9. The molecule has 1 aromatic carbocycles. The molecule has 3 N–H and O–H groups in total. The summed E-state index contributed by atoms with van der Waals surface area (Å²) in [6.45, 7) is 4.14. The summed E-state index contributed by atoms with van der Waals surface area (Å²) in [5.41, 5.74) is 6.96. The molecule has 2 nitrogen and oxygen atoms in total. The summed E-state index contributed by atoms with van der Waals surface area (Å²) in [4.78, 5) is 2.52. The second-order valence-corrected chi connectivity index (χ2v) is 5.37. The third kappa shape index (κ3) is 2.77. The Labute approximate surface area is 104 Å². The molecule has 90 valence electrons. The molecule has 1 unspecified atom stereocenters. The molecule has 0 bridgehead atoms. The van der Waals surface area contributed by atoms with E-state index in [2.05, 4.69) is 31.3 Å². The van der Waals surface area contributed by atoms with Crippen LogP contribution in [-0.2, 0) is 0 Å².